The van der Waals surface area contributed by atoms with E-state index in [9.17, 15) is 34.8 Å². The summed E-state index contributed by atoms with van der Waals surface area (Å²) in [6.45, 7) is 0. The highest BCUT2D eigenvalue weighted by atomic mass is 16.4. The Kier molecular flexibility index (Phi) is 4.05. The first-order chi connectivity index (χ1) is 12.3. The lowest BCUT2D eigenvalue weighted by atomic mass is 9.89. The zero-order valence-corrected chi connectivity index (χ0v) is 13.1. The summed E-state index contributed by atoms with van der Waals surface area (Å²) in [5.74, 6) is -4.32. The molecule has 0 spiro atoms. The zero-order valence-electron chi connectivity index (χ0n) is 13.1. The van der Waals surface area contributed by atoms with Crippen LogP contribution in [0.15, 0.2) is 48.5 Å². The number of phenols is 1. The van der Waals surface area contributed by atoms with Crippen molar-refractivity contribution in [3.05, 3.63) is 65.2 Å². The van der Waals surface area contributed by atoms with Crippen LogP contribution >= 0.6 is 0 Å². The lowest BCUT2D eigenvalue weighted by Crippen LogP contribution is -2.10. The van der Waals surface area contributed by atoms with Gasteiger partial charge in [0.15, 0.2) is 0 Å². The Morgan fingerprint density at radius 3 is 1.85 bits per heavy atom. The smallest absolute Gasteiger partial charge is 0.337 e. The number of benzene rings is 3. The van der Waals surface area contributed by atoms with Gasteiger partial charge >= 0.3 is 17.9 Å². The number of carboxylic acid groups (broad SMARTS) is 3. The second-order valence-electron chi connectivity index (χ2n) is 5.54. The Hall–Kier alpha value is -3.87. The highest BCUT2D eigenvalue weighted by Crippen LogP contribution is 2.36. The number of hydrogen-bond acceptors (Lipinski definition) is 4. The van der Waals surface area contributed by atoms with Gasteiger partial charge in [-0.3, -0.25) is 0 Å². The van der Waals surface area contributed by atoms with Crippen LogP contribution in [-0.4, -0.2) is 38.3 Å². The first kappa shape index (κ1) is 17.0. The Labute approximate surface area is 146 Å². The molecule has 3 aromatic carbocycles. The summed E-state index contributed by atoms with van der Waals surface area (Å²) in [5.41, 5.74) is -0.698. The van der Waals surface area contributed by atoms with E-state index in [1.807, 2.05) is 0 Å². The third-order valence-electron chi connectivity index (χ3n) is 4.01. The van der Waals surface area contributed by atoms with Crippen LogP contribution in [0.2, 0.25) is 0 Å². The van der Waals surface area contributed by atoms with Gasteiger partial charge in [-0.05, 0) is 40.6 Å². The first-order valence-electron chi connectivity index (χ1n) is 7.40. The van der Waals surface area contributed by atoms with Gasteiger partial charge in [0, 0.05) is 5.56 Å². The average molecular weight is 352 g/mol. The largest absolute Gasteiger partial charge is 0.508 e. The van der Waals surface area contributed by atoms with Gasteiger partial charge in [0.25, 0.3) is 0 Å². The van der Waals surface area contributed by atoms with Gasteiger partial charge in [0.05, 0.1) is 16.7 Å². The Balaban J connectivity index is 2.52. The molecule has 0 saturated carbocycles. The van der Waals surface area contributed by atoms with Crippen LogP contribution in [0, 0.1) is 0 Å². The molecule has 0 atom stereocenters. The molecule has 26 heavy (non-hydrogen) atoms. The van der Waals surface area contributed by atoms with Crippen LogP contribution in [0.3, 0.4) is 0 Å². The molecule has 130 valence electrons. The summed E-state index contributed by atoms with van der Waals surface area (Å²) >= 11 is 0. The molecule has 0 aromatic heterocycles. The van der Waals surface area contributed by atoms with Gasteiger partial charge in [0.1, 0.15) is 5.75 Å². The van der Waals surface area contributed by atoms with Crippen molar-refractivity contribution in [1.29, 1.82) is 0 Å². The fourth-order valence-corrected chi connectivity index (χ4v) is 2.94. The summed E-state index contributed by atoms with van der Waals surface area (Å²) in [6.07, 6.45) is 0. The third-order valence-corrected chi connectivity index (χ3v) is 4.01. The maximum Gasteiger partial charge on any atom is 0.337 e. The van der Waals surface area contributed by atoms with Crippen LogP contribution in [0.25, 0.3) is 21.9 Å². The summed E-state index contributed by atoms with van der Waals surface area (Å²) in [7, 11) is 0. The highest BCUT2D eigenvalue weighted by Gasteiger charge is 2.24. The van der Waals surface area contributed by atoms with E-state index in [2.05, 4.69) is 0 Å². The molecule has 0 aliphatic heterocycles. The van der Waals surface area contributed by atoms with Crippen molar-refractivity contribution in [1.82, 2.24) is 0 Å². The number of phenolic OH excluding ortho intramolecular Hbond substituents is 1. The molecule has 3 rings (SSSR count). The number of aromatic carboxylic acids is 3. The summed E-state index contributed by atoms with van der Waals surface area (Å²) in [4.78, 5) is 34.8. The van der Waals surface area contributed by atoms with Gasteiger partial charge in [-0.15, -0.1) is 0 Å². The van der Waals surface area contributed by atoms with Crippen molar-refractivity contribution in [3.8, 4) is 16.9 Å². The first-order valence-corrected chi connectivity index (χ1v) is 7.40. The van der Waals surface area contributed by atoms with E-state index in [0.29, 0.717) is 5.39 Å². The number of rotatable bonds is 4. The van der Waals surface area contributed by atoms with E-state index in [1.165, 1.54) is 24.3 Å². The van der Waals surface area contributed by atoms with Gasteiger partial charge in [-0.1, -0.05) is 24.3 Å². The molecule has 0 heterocycles. The van der Waals surface area contributed by atoms with Crippen molar-refractivity contribution in [3.63, 3.8) is 0 Å². The zero-order chi connectivity index (χ0) is 19.0. The molecule has 0 saturated heterocycles. The van der Waals surface area contributed by atoms with Crippen molar-refractivity contribution in [2.24, 2.45) is 0 Å². The number of fused-ring (bicyclic) bond motifs is 1. The minimum atomic E-state index is -1.45. The lowest BCUT2D eigenvalue weighted by Gasteiger charge is -2.14. The van der Waals surface area contributed by atoms with E-state index in [1.54, 1.807) is 18.2 Å². The molecular weight excluding hydrogens is 340 g/mol. The maximum atomic E-state index is 11.6. The minimum absolute atomic E-state index is 0.0909. The Morgan fingerprint density at radius 1 is 0.654 bits per heavy atom. The van der Waals surface area contributed by atoms with Crippen molar-refractivity contribution < 1.29 is 34.8 Å². The summed E-state index contributed by atoms with van der Waals surface area (Å²) in [5, 5.41) is 38.6. The van der Waals surface area contributed by atoms with E-state index >= 15 is 0 Å². The maximum absolute atomic E-state index is 11.6. The number of carbonyl (C=O) groups is 3. The summed E-state index contributed by atoms with van der Waals surface area (Å²) < 4.78 is 0. The molecule has 3 aromatic rings. The molecule has 0 unspecified atom stereocenters. The number of carboxylic acids is 3. The second kappa shape index (κ2) is 6.21. The Bertz CT molecular complexity index is 1080. The van der Waals surface area contributed by atoms with Gasteiger partial charge in [0.2, 0.25) is 0 Å². The van der Waals surface area contributed by atoms with Crippen molar-refractivity contribution in [2.45, 2.75) is 0 Å². The fourth-order valence-electron chi connectivity index (χ4n) is 2.94. The van der Waals surface area contributed by atoms with Crippen LogP contribution < -0.4 is 0 Å². The van der Waals surface area contributed by atoms with Crippen LogP contribution in [0.1, 0.15) is 31.1 Å². The molecule has 0 bridgehead atoms. The summed E-state index contributed by atoms with van der Waals surface area (Å²) in [6, 6.07) is 10.9. The van der Waals surface area contributed by atoms with Crippen LogP contribution in [-0.2, 0) is 0 Å². The molecule has 7 nitrogen and oxygen atoms in total. The van der Waals surface area contributed by atoms with Gasteiger partial charge in [-0.25, -0.2) is 14.4 Å². The number of aromatic hydroxyl groups is 1. The molecule has 0 fully saturated rings. The average Bonchev–Trinajstić information content (AvgIpc) is 2.59. The van der Waals surface area contributed by atoms with E-state index in [-0.39, 0.29) is 33.4 Å². The molecule has 7 heteroatoms. The van der Waals surface area contributed by atoms with Gasteiger partial charge in [-0.2, -0.15) is 0 Å². The van der Waals surface area contributed by atoms with Gasteiger partial charge < -0.3 is 20.4 Å². The van der Waals surface area contributed by atoms with E-state index in [4.69, 9.17) is 0 Å². The normalized spacial score (nSPS) is 10.6. The Morgan fingerprint density at radius 2 is 1.27 bits per heavy atom. The number of hydrogen-bond donors (Lipinski definition) is 4. The standard InChI is InChI=1S/C19H12O7/c20-9-5-6-12(17(21)22)13(7-9)14-8-15(18(23)24)16(19(25)26)11-4-2-1-3-10(11)14/h1-8,20H,(H,21,22)(H,23,24)(H,25,26). The van der Waals surface area contributed by atoms with Crippen LogP contribution in [0.5, 0.6) is 5.75 Å². The second-order valence-corrected chi connectivity index (χ2v) is 5.54. The highest BCUT2D eigenvalue weighted by molar-refractivity contribution is 6.16. The third kappa shape index (κ3) is 2.71. The van der Waals surface area contributed by atoms with Crippen LogP contribution in [0.4, 0.5) is 0 Å². The topological polar surface area (TPSA) is 132 Å². The molecule has 0 aliphatic rings. The molecule has 0 radical (unpaired) electrons. The lowest BCUT2D eigenvalue weighted by molar-refractivity contribution is 0.0653. The van der Waals surface area contributed by atoms with E-state index < -0.39 is 23.5 Å². The SMILES string of the molecule is O=C(O)c1ccc(O)cc1-c1cc(C(=O)O)c(C(=O)O)c2ccccc12. The predicted octanol–water partition coefficient (Wildman–Crippen LogP) is 3.31. The molecular formula is C19H12O7. The quantitative estimate of drug-likeness (QED) is 0.566. The van der Waals surface area contributed by atoms with Crippen molar-refractivity contribution >= 4 is 28.7 Å². The fraction of sp³-hybridized carbons (Fsp3) is 0. The van der Waals surface area contributed by atoms with Crippen molar-refractivity contribution in [2.75, 3.05) is 0 Å². The monoisotopic (exact) mass is 352 g/mol. The molecule has 0 amide bonds. The molecule has 0 aliphatic carbocycles. The molecule has 4 N–H and O–H groups in total. The van der Waals surface area contributed by atoms with E-state index in [0.717, 1.165) is 6.07 Å². The minimum Gasteiger partial charge on any atom is -0.508 e. The predicted molar refractivity (Wildman–Crippen MR) is 91.9 cm³/mol.